The van der Waals surface area contributed by atoms with Crippen LogP contribution >= 0.6 is 0 Å². The third kappa shape index (κ3) is 3.17. The minimum Gasteiger partial charge on any atom is -0.459 e. The first-order chi connectivity index (χ1) is 8.81. The molecule has 0 aliphatic carbocycles. The van der Waals surface area contributed by atoms with Crippen LogP contribution in [0, 0.1) is 0 Å². The highest BCUT2D eigenvalue weighted by Crippen LogP contribution is 2.12. The Kier molecular flexibility index (Phi) is 4.47. The molecule has 1 atom stereocenters. The van der Waals surface area contributed by atoms with Gasteiger partial charge in [-0.3, -0.25) is 4.90 Å². The first kappa shape index (κ1) is 12.8. The Labute approximate surface area is 107 Å². The lowest BCUT2D eigenvalue weighted by atomic mass is 10.2. The van der Waals surface area contributed by atoms with E-state index >= 15 is 0 Å². The van der Waals surface area contributed by atoms with Gasteiger partial charge in [0.1, 0.15) is 12.9 Å². The van der Waals surface area contributed by atoms with E-state index in [1.54, 1.807) is 0 Å². The molecule has 1 saturated heterocycles. The summed E-state index contributed by atoms with van der Waals surface area (Å²) in [7, 11) is 0. The van der Waals surface area contributed by atoms with Crippen molar-refractivity contribution in [3.8, 4) is 0 Å². The number of rotatable bonds is 5. The summed E-state index contributed by atoms with van der Waals surface area (Å²) in [5, 5.41) is 0. The summed E-state index contributed by atoms with van der Waals surface area (Å²) in [6.45, 7) is 1.81. The van der Waals surface area contributed by atoms with E-state index in [0.717, 1.165) is 31.5 Å². The number of nitrogens with zero attached hydrogens (tertiary/aromatic N) is 1. The van der Waals surface area contributed by atoms with Crippen LogP contribution in [0.15, 0.2) is 30.3 Å². The molecule has 0 saturated carbocycles. The second-order valence-electron chi connectivity index (χ2n) is 4.42. The van der Waals surface area contributed by atoms with E-state index in [-0.39, 0.29) is 6.61 Å². The summed E-state index contributed by atoms with van der Waals surface area (Å²) < 4.78 is 5.18. The third-order valence-electron chi connectivity index (χ3n) is 3.13. The largest absolute Gasteiger partial charge is 0.459 e. The summed E-state index contributed by atoms with van der Waals surface area (Å²) >= 11 is 0. The minimum atomic E-state index is -0.740. The lowest BCUT2D eigenvalue weighted by molar-refractivity contribution is -0.152. The first-order valence-electron chi connectivity index (χ1n) is 6.21. The van der Waals surface area contributed by atoms with Crippen molar-refractivity contribution in [3.63, 3.8) is 0 Å². The quantitative estimate of drug-likeness (QED) is 0.448. The molecular formula is C14H17NO3. The number of carbonyl (C=O) groups is 2. The van der Waals surface area contributed by atoms with Crippen LogP contribution in [0.4, 0.5) is 0 Å². The van der Waals surface area contributed by atoms with E-state index < -0.39 is 12.0 Å². The van der Waals surface area contributed by atoms with E-state index in [1.807, 2.05) is 35.2 Å². The van der Waals surface area contributed by atoms with Gasteiger partial charge in [-0.1, -0.05) is 30.3 Å². The smallest absolute Gasteiger partial charge is 0.331 e. The van der Waals surface area contributed by atoms with Crippen LogP contribution in [0.3, 0.4) is 0 Å². The molecule has 1 aliphatic rings. The molecule has 4 nitrogen and oxygen atoms in total. The predicted molar refractivity (Wildman–Crippen MR) is 66.9 cm³/mol. The van der Waals surface area contributed by atoms with Crippen LogP contribution in [0.2, 0.25) is 0 Å². The molecule has 18 heavy (non-hydrogen) atoms. The molecule has 1 aromatic rings. The Bertz CT molecular complexity index is 399. The standard InChI is InChI=1S/C14H17NO3/c16-10-13(15-8-4-5-9-15)14(17)18-11-12-6-2-1-3-7-12/h1-3,6-7,10,13H,4-5,8-9,11H2. The van der Waals surface area contributed by atoms with Crippen molar-refractivity contribution >= 4 is 12.3 Å². The van der Waals surface area contributed by atoms with E-state index in [2.05, 4.69) is 0 Å². The lowest BCUT2D eigenvalue weighted by Gasteiger charge is -2.20. The maximum absolute atomic E-state index is 11.8. The number of hydrogen-bond acceptors (Lipinski definition) is 4. The second kappa shape index (κ2) is 6.31. The zero-order chi connectivity index (χ0) is 12.8. The molecule has 1 aliphatic heterocycles. The van der Waals surface area contributed by atoms with Gasteiger partial charge in [0.15, 0.2) is 6.04 Å². The van der Waals surface area contributed by atoms with Gasteiger partial charge in [0.2, 0.25) is 0 Å². The van der Waals surface area contributed by atoms with E-state index in [0.29, 0.717) is 6.29 Å². The molecule has 0 bridgehead atoms. The SMILES string of the molecule is O=CC(C(=O)OCc1ccccc1)N1CCCC1. The normalized spacial score (nSPS) is 17.3. The Morgan fingerprint density at radius 1 is 1.28 bits per heavy atom. The summed E-state index contributed by atoms with van der Waals surface area (Å²) in [6.07, 6.45) is 2.76. The van der Waals surface area contributed by atoms with Crippen LogP contribution in [-0.4, -0.2) is 36.3 Å². The van der Waals surface area contributed by atoms with Crippen molar-refractivity contribution in [1.29, 1.82) is 0 Å². The van der Waals surface area contributed by atoms with Gasteiger partial charge in [0, 0.05) is 0 Å². The minimum absolute atomic E-state index is 0.220. The summed E-state index contributed by atoms with van der Waals surface area (Å²) in [5.41, 5.74) is 0.928. The van der Waals surface area contributed by atoms with Crippen LogP contribution in [-0.2, 0) is 20.9 Å². The number of likely N-dealkylation sites (tertiary alicyclic amines) is 1. The molecule has 96 valence electrons. The van der Waals surface area contributed by atoms with Crippen LogP contribution in [0.25, 0.3) is 0 Å². The van der Waals surface area contributed by atoms with Crippen LogP contribution in [0.1, 0.15) is 18.4 Å². The number of hydrogen-bond donors (Lipinski definition) is 0. The summed E-state index contributed by atoms with van der Waals surface area (Å²) in [6, 6.07) is 8.72. The molecule has 0 radical (unpaired) electrons. The fourth-order valence-electron chi connectivity index (χ4n) is 2.12. The molecule has 1 unspecified atom stereocenters. The zero-order valence-corrected chi connectivity index (χ0v) is 10.2. The summed E-state index contributed by atoms with van der Waals surface area (Å²) in [4.78, 5) is 24.7. The maximum atomic E-state index is 11.8. The Hall–Kier alpha value is -1.68. The molecular weight excluding hydrogens is 230 g/mol. The van der Waals surface area contributed by atoms with E-state index in [1.165, 1.54) is 0 Å². The van der Waals surface area contributed by atoms with E-state index in [9.17, 15) is 9.59 Å². The lowest BCUT2D eigenvalue weighted by Crippen LogP contribution is -2.41. The van der Waals surface area contributed by atoms with Crippen molar-refractivity contribution in [2.45, 2.75) is 25.5 Å². The van der Waals surface area contributed by atoms with Gasteiger partial charge in [0.25, 0.3) is 0 Å². The van der Waals surface area contributed by atoms with Gasteiger partial charge >= 0.3 is 5.97 Å². The molecule has 2 rings (SSSR count). The highest BCUT2D eigenvalue weighted by molar-refractivity contribution is 5.92. The second-order valence-corrected chi connectivity index (χ2v) is 4.42. The molecule has 0 N–H and O–H groups in total. The third-order valence-corrected chi connectivity index (χ3v) is 3.13. The fourth-order valence-corrected chi connectivity index (χ4v) is 2.12. The molecule has 4 heteroatoms. The number of benzene rings is 1. The van der Waals surface area contributed by atoms with Crippen molar-refractivity contribution in [2.24, 2.45) is 0 Å². The van der Waals surface area contributed by atoms with E-state index in [4.69, 9.17) is 4.74 Å². The highest BCUT2D eigenvalue weighted by atomic mass is 16.5. The van der Waals surface area contributed by atoms with Gasteiger partial charge in [-0.05, 0) is 31.5 Å². The monoisotopic (exact) mass is 247 g/mol. The van der Waals surface area contributed by atoms with Gasteiger partial charge in [-0.15, -0.1) is 0 Å². The van der Waals surface area contributed by atoms with Crippen molar-refractivity contribution in [3.05, 3.63) is 35.9 Å². The average Bonchev–Trinajstić information content (AvgIpc) is 2.92. The van der Waals surface area contributed by atoms with Crippen molar-refractivity contribution in [2.75, 3.05) is 13.1 Å². The Morgan fingerprint density at radius 3 is 2.56 bits per heavy atom. The number of carbonyl (C=O) groups excluding carboxylic acids is 2. The van der Waals surface area contributed by atoms with Crippen LogP contribution < -0.4 is 0 Å². The maximum Gasteiger partial charge on any atom is 0.331 e. The number of ether oxygens (including phenoxy) is 1. The molecule has 1 fully saturated rings. The first-order valence-corrected chi connectivity index (χ1v) is 6.21. The molecule has 0 spiro atoms. The molecule has 1 aromatic carbocycles. The van der Waals surface area contributed by atoms with Gasteiger partial charge in [-0.2, -0.15) is 0 Å². The number of aldehydes is 1. The Morgan fingerprint density at radius 2 is 1.94 bits per heavy atom. The topological polar surface area (TPSA) is 46.6 Å². The van der Waals surface area contributed by atoms with Gasteiger partial charge in [0.05, 0.1) is 0 Å². The fraction of sp³-hybridized carbons (Fsp3) is 0.429. The van der Waals surface area contributed by atoms with Crippen LogP contribution in [0.5, 0.6) is 0 Å². The molecule has 0 amide bonds. The number of esters is 1. The highest BCUT2D eigenvalue weighted by Gasteiger charge is 2.28. The van der Waals surface area contributed by atoms with Gasteiger partial charge < -0.3 is 9.53 Å². The molecule has 1 heterocycles. The Balaban J connectivity index is 1.88. The summed E-state index contributed by atoms with van der Waals surface area (Å²) in [5.74, 6) is -0.448. The van der Waals surface area contributed by atoms with Crippen molar-refractivity contribution in [1.82, 2.24) is 4.90 Å². The molecule has 0 aromatic heterocycles. The zero-order valence-electron chi connectivity index (χ0n) is 10.2. The van der Waals surface area contributed by atoms with Gasteiger partial charge in [-0.25, -0.2) is 4.79 Å². The average molecular weight is 247 g/mol. The predicted octanol–water partition coefficient (Wildman–Crippen LogP) is 1.39. The van der Waals surface area contributed by atoms with Crippen molar-refractivity contribution < 1.29 is 14.3 Å².